The number of carbonyl (C=O) groups is 2. The molecule has 0 unspecified atom stereocenters. The van der Waals surface area contributed by atoms with E-state index in [4.69, 9.17) is 0 Å². The quantitative estimate of drug-likeness (QED) is 0.941. The van der Waals surface area contributed by atoms with Crippen molar-refractivity contribution >= 4 is 23.2 Å². The summed E-state index contributed by atoms with van der Waals surface area (Å²) in [6.45, 7) is 5.03. The van der Waals surface area contributed by atoms with Crippen LogP contribution in [0.2, 0.25) is 0 Å². The molecule has 1 N–H and O–H groups in total. The summed E-state index contributed by atoms with van der Waals surface area (Å²) >= 11 is 0. The van der Waals surface area contributed by atoms with Gasteiger partial charge in [0.1, 0.15) is 0 Å². The van der Waals surface area contributed by atoms with Crippen LogP contribution in [0.4, 0.5) is 11.4 Å². The minimum atomic E-state index is -0.121. The Morgan fingerprint density at radius 3 is 2.54 bits per heavy atom. The molecule has 122 valence electrons. The lowest BCUT2D eigenvalue weighted by Gasteiger charge is -2.11. The Morgan fingerprint density at radius 1 is 1.12 bits per heavy atom. The Morgan fingerprint density at radius 2 is 1.83 bits per heavy atom. The molecule has 2 amide bonds. The number of rotatable bonds is 3. The van der Waals surface area contributed by atoms with E-state index in [2.05, 4.69) is 19.2 Å². The Hall–Kier alpha value is -2.62. The van der Waals surface area contributed by atoms with Gasteiger partial charge in [-0.1, -0.05) is 26.0 Å². The van der Waals surface area contributed by atoms with E-state index in [1.165, 1.54) is 5.56 Å². The highest BCUT2D eigenvalue weighted by molar-refractivity contribution is 6.08. The van der Waals surface area contributed by atoms with E-state index < -0.39 is 0 Å². The molecule has 0 saturated carbocycles. The van der Waals surface area contributed by atoms with Gasteiger partial charge in [-0.3, -0.25) is 9.59 Å². The van der Waals surface area contributed by atoms with Crippen molar-refractivity contribution in [1.82, 2.24) is 0 Å². The molecule has 0 spiro atoms. The molecule has 0 radical (unpaired) electrons. The van der Waals surface area contributed by atoms with Gasteiger partial charge in [-0.15, -0.1) is 0 Å². The van der Waals surface area contributed by atoms with Gasteiger partial charge in [0, 0.05) is 17.8 Å². The van der Waals surface area contributed by atoms with E-state index in [1.54, 1.807) is 0 Å². The molecule has 2 aliphatic heterocycles. The molecule has 24 heavy (non-hydrogen) atoms. The predicted octanol–water partition coefficient (Wildman–Crippen LogP) is 3.51. The van der Waals surface area contributed by atoms with Gasteiger partial charge in [-0.2, -0.15) is 0 Å². The molecule has 0 aromatic heterocycles. The molecular weight excluding hydrogens is 300 g/mol. The zero-order valence-corrected chi connectivity index (χ0v) is 13.9. The number of hydrogen-bond acceptors (Lipinski definition) is 2. The van der Waals surface area contributed by atoms with Crippen LogP contribution in [0.25, 0.3) is 0 Å². The highest BCUT2D eigenvalue weighted by Crippen LogP contribution is 2.38. The van der Waals surface area contributed by atoms with Gasteiger partial charge < -0.3 is 10.2 Å². The Bertz CT molecular complexity index is 837. The Kier molecular flexibility index (Phi) is 3.41. The van der Waals surface area contributed by atoms with Crippen LogP contribution in [0.3, 0.4) is 0 Å². The Labute approximate surface area is 141 Å². The summed E-state index contributed by atoms with van der Waals surface area (Å²) in [5.41, 5.74) is 5.80. The third-order valence-electron chi connectivity index (χ3n) is 4.88. The third-order valence-corrected chi connectivity index (χ3v) is 4.88. The van der Waals surface area contributed by atoms with E-state index in [0.717, 1.165) is 35.5 Å². The van der Waals surface area contributed by atoms with Gasteiger partial charge in [-0.25, -0.2) is 0 Å². The number of amides is 2. The average molecular weight is 320 g/mol. The molecule has 4 heteroatoms. The van der Waals surface area contributed by atoms with Crippen LogP contribution in [0.1, 0.15) is 46.8 Å². The first-order valence-electron chi connectivity index (χ1n) is 8.40. The first-order valence-corrected chi connectivity index (χ1v) is 8.40. The van der Waals surface area contributed by atoms with Crippen molar-refractivity contribution in [3.05, 3.63) is 58.7 Å². The van der Waals surface area contributed by atoms with Crippen molar-refractivity contribution in [3.8, 4) is 0 Å². The number of nitrogens with one attached hydrogen (secondary N) is 1. The monoisotopic (exact) mass is 320 g/mol. The number of hydrogen-bond donors (Lipinski definition) is 1. The fourth-order valence-corrected chi connectivity index (χ4v) is 3.57. The van der Waals surface area contributed by atoms with Crippen LogP contribution >= 0.6 is 0 Å². The molecule has 0 fully saturated rings. The zero-order valence-electron chi connectivity index (χ0n) is 13.9. The maximum absolute atomic E-state index is 12.6. The molecule has 2 aliphatic rings. The second kappa shape index (κ2) is 5.48. The number of anilines is 2. The molecule has 2 aromatic rings. The van der Waals surface area contributed by atoms with E-state index in [1.807, 2.05) is 41.3 Å². The fourth-order valence-electron chi connectivity index (χ4n) is 3.57. The van der Waals surface area contributed by atoms with Gasteiger partial charge in [0.05, 0.1) is 12.1 Å². The van der Waals surface area contributed by atoms with Crippen LogP contribution < -0.4 is 10.2 Å². The smallest absolute Gasteiger partial charge is 0.255 e. The molecule has 0 bridgehead atoms. The van der Waals surface area contributed by atoms with Crippen molar-refractivity contribution in [3.63, 3.8) is 0 Å². The number of benzene rings is 2. The minimum Gasteiger partial charge on any atom is -0.322 e. The lowest BCUT2D eigenvalue weighted by Crippen LogP contribution is -2.24. The van der Waals surface area contributed by atoms with Gasteiger partial charge in [0.2, 0.25) is 5.91 Å². The molecule has 0 saturated heterocycles. The molecule has 0 atom stereocenters. The highest BCUT2D eigenvalue weighted by Gasteiger charge is 2.34. The standard InChI is InChI=1S/C20H20N2O2/c1-12(2)13-3-5-17(6-4-13)21-20(24)16-9-14-7-8-22-18(23)11-15(10-16)19(14)22/h3-6,9-10,12H,7-8,11H2,1-2H3,(H,21,24). The first kappa shape index (κ1) is 14.9. The van der Waals surface area contributed by atoms with E-state index in [9.17, 15) is 9.59 Å². The van der Waals surface area contributed by atoms with Crippen molar-refractivity contribution < 1.29 is 9.59 Å². The summed E-state index contributed by atoms with van der Waals surface area (Å²) in [5, 5.41) is 2.95. The predicted molar refractivity (Wildman–Crippen MR) is 94.7 cm³/mol. The van der Waals surface area contributed by atoms with Gasteiger partial charge in [0.25, 0.3) is 5.91 Å². The number of carbonyl (C=O) groups excluding carboxylic acids is 2. The van der Waals surface area contributed by atoms with Gasteiger partial charge >= 0.3 is 0 Å². The molecule has 0 aliphatic carbocycles. The van der Waals surface area contributed by atoms with Crippen molar-refractivity contribution in [1.29, 1.82) is 0 Å². The van der Waals surface area contributed by atoms with E-state index >= 15 is 0 Å². The van der Waals surface area contributed by atoms with Crippen molar-refractivity contribution in [2.75, 3.05) is 16.8 Å². The molecule has 2 aromatic carbocycles. The summed E-state index contributed by atoms with van der Waals surface area (Å²) in [7, 11) is 0. The SMILES string of the molecule is CC(C)c1ccc(NC(=O)c2cc3c4c(c2)CC(=O)N4CC3)cc1. The Balaban J connectivity index is 1.58. The normalized spacial score (nSPS) is 15.1. The zero-order chi connectivity index (χ0) is 16.8. The van der Waals surface area contributed by atoms with Crippen molar-refractivity contribution in [2.24, 2.45) is 0 Å². The van der Waals surface area contributed by atoms with Crippen LogP contribution in [-0.4, -0.2) is 18.4 Å². The summed E-state index contributed by atoms with van der Waals surface area (Å²) in [4.78, 5) is 26.4. The van der Waals surface area contributed by atoms with Crippen LogP contribution in [0, 0.1) is 0 Å². The topological polar surface area (TPSA) is 49.4 Å². The van der Waals surface area contributed by atoms with E-state index in [-0.39, 0.29) is 11.8 Å². The minimum absolute atomic E-state index is 0.121. The van der Waals surface area contributed by atoms with E-state index in [0.29, 0.717) is 17.9 Å². The lowest BCUT2D eigenvalue weighted by atomic mass is 10.0. The average Bonchev–Trinajstić information content (AvgIpc) is 3.13. The second-order valence-electron chi connectivity index (χ2n) is 6.85. The van der Waals surface area contributed by atoms with Crippen LogP contribution in [-0.2, 0) is 17.6 Å². The maximum atomic E-state index is 12.6. The third kappa shape index (κ3) is 2.39. The summed E-state index contributed by atoms with van der Waals surface area (Å²) < 4.78 is 0. The summed E-state index contributed by atoms with van der Waals surface area (Å²) in [5.74, 6) is 0.492. The van der Waals surface area contributed by atoms with Crippen LogP contribution in [0.15, 0.2) is 36.4 Å². The maximum Gasteiger partial charge on any atom is 0.255 e. The summed E-state index contributed by atoms with van der Waals surface area (Å²) in [6.07, 6.45) is 1.24. The first-order chi connectivity index (χ1) is 11.5. The molecule has 4 rings (SSSR count). The lowest BCUT2D eigenvalue weighted by molar-refractivity contribution is -0.117. The molecule has 2 heterocycles. The molecular formula is C20H20N2O2. The second-order valence-corrected chi connectivity index (χ2v) is 6.85. The molecule has 4 nitrogen and oxygen atoms in total. The fraction of sp³-hybridized carbons (Fsp3) is 0.300. The van der Waals surface area contributed by atoms with Gasteiger partial charge in [0.15, 0.2) is 0 Å². The van der Waals surface area contributed by atoms with Crippen molar-refractivity contribution in [2.45, 2.75) is 32.6 Å². The van der Waals surface area contributed by atoms with Gasteiger partial charge in [-0.05, 0) is 53.3 Å². The summed E-state index contributed by atoms with van der Waals surface area (Å²) in [6, 6.07) is 11.7. The number of nitrogens with zero attached hydrogens (tertiary/aromatic N) is 1. The highest BCUT2D eigenvalue weighted by atomic mass is 16.2. The largest absolute Gasteiger partial charge is 0.322 e. The van der Waals surface area contributed by atoms with Crippen LogP contribution in [0.5, 0.6) is 0 Å².